The van der Waals surface area contributed by atoms with Gasteiger partial charge >= 0.3 is 0 Å². The molecule has 1 aromatic carbocycles. The standard InChI is InChI=1S/C12H13ClN5O3S/c1-17(18(20)21)7-6-10-15-16-12(22-10)14-11(19)8-4-2-3-5-9(8)13/h2-5,20H,6-7H2,1H3,(H,14,16,19)/q-1. The largest absolute Gasteiger partial charge is 0.748 e. The molecule has 0 bridgehead atoms. The van der Waals surface area contributed by atoms with Crippen LogP contribution in [0.3, 0.4) is 0 Å². The van der Waals surface area contributed by atoms with Gasteiger partial charge in [-0.15, -0.1) is 10.2 Å². The van der Waals surface area contributed by atoms with Gasteiger partial charge in [0.1, 0.15) is 5.01 Å². The summed E-state index contributed by atoms with van der Waals surface area (Å²) in [6.07, 6.45) is 0.412. The maximum Gasteiger partial charge on any atom is 0.259 e. The Balaban J connectivity index is 1.95. The minimum absolute atomic E-state index is 0.249. The number of likely N-dealkylation sites (N-methyl/N-ethyl adjacent to an activating group) is 1. The number of nitrogens with zero attached hydrogens (tertiary/aromatic N) is 4. The number of carbonyl (C=O) groups is 1. The van der Waals surface area contributed by atoms with Crippen LogP contribution < -0.4 is 5.32 Å². The predicted octanol–water partition coefficient (Wildman–Crippen LogP) is 2.02. The first-order chi connectivity index (χ1) is 10.5. The summed E-state index contributed by atoms with van der Waals surface area (Å²) < 4.78 is 0. The van der Waals surface area contributed by atoms with Crippen molar-refractivity contribution in [2.24, 2.45) is 0 Å². The van der Waals surface area contributed by atoms with Crippen molar-refractivity contribution in [3.05, 3.63) is 45.1 Å². The Morgan fingerprint density at radius 3 is 2.86 bits per heavy atom. The van der Waals surface area contributed by atoms with Gasteiger partial charge in [-0.3, -0.25) is 10.1 Å². The fourth-order valence-electron chi connectivity index (χ4n) is 1.56. The summed E-state index contributed by atoms with van der Waals surface area (Å²) in [6.45, 7) is 0.271. The lowest BCUT2D eigenvalue weighted by molar-refractivity contribution is -0.193. The summed E-state index contributed by atoms with van der Waals surface area (Å²) in [5.41, 5.74) is 0.350. The van der Waals surface area contributed by atoms with Gasteiger partial charge in [-0.05, 0) is 12.1 Å². The number of rotatable bonds is 6. The van der Waals surface area contributed by atoms with Crippen LogP contribution in [0, 0.1) is 5.21 Å². The molecule has 0 saturated carbocycles. The zero-order chi connectivity index (χ0) is 16.1. The molecule has 10 heteroatoms. The molecule has 1 aromatic heterocycles. The van der Waals surface area contributed by atoms with Crippen molar-refractivity contribution in [1.29, 1.82) is 0 Å². The number of aromatic nitrogens is 2. The summed E-state index contributed by atoms with van der Waals surface area (Å²) in [6, 6.07) is 6.69. The Labute approximate surface area is 135 Å². The average molecular weight is 343 g/mol. The summed E-state index contributed by atoms with van der Waals surface area (Å²) in [5.74, 6) is -0.369. The molecule has 22 heavy (non-hydrogen) atoms. The summed E-state index contributed by atoms with van der Waals surface area (Å²) in [4.78, 5) is 12.1. The van der Waals surface area contributed by atoms with Crippen molar-refractivity contribution in [1.82, 2.24) is 20.5 Å². The second-order valence-electron chi connectivity index (χ2n) is 4.32. The van der Waals surface area contributed by atoms with Gasteiger partial charge in [-0.1, -0.05) is 35.1 Å². The van der Waals surface area contributed by atoms with Crippen LogP contribution in [0.1, 0.15) is 15.4 Å². The molecule has 2 N–H and O–H groups in total. The molecular formula is C12H13ClN5O3S-. The third kappa shape index (κ3) is 4.44. The maximum absolute atomic E-state index is 12.1. The van der Waals surface area contributed by atoms with Crippen molar-refractivity contribution < 1.29 is 10.0 Å². The molecule has 0 aliphatic carbocycles. The second kappa shape index (κ2) is 7.58. The van der Waals surface area contributed by atoms with E-state index in [1.807, 2.05) is 0 Å². The van der Waals surface area contributed by atoms with Crippen LogP contribution in [-0.2, 0) is 6.42 Å². The lowest BCUT2D eigenvalue weighted by atomic mass is 10.2. The predicted molar refractivity (Wildman–Crippen MR) is 82.6 cm³/mol. The smallest absolute Gasteiger partial charge is 0.259 e. The van der Waals surface area contributed by atoms with Crippen molar-refractivity contribution in [3.8, 4) is 0 Å². The molecule has 0 aliphatic rings. The number of nitrogens with one attached hydrogen (secondary N) is 1. The summed E-state index contributed by atoms with van der Waals surface area (Å²) in [7, 11) is 1.44. The Bertz CT molecular complexity index is 651. The Morgan fingerprint density at radius 1 is 1.45 bits per heavy atom. The van der Waals surface area contributed by atoms with Crippen LogP contribution in [0.2, 0.25) is 5.02 Å². The van der Waals surface area contributed by atoms with Crippen molar-refractivity contribution in [2.45, 2.75) is 6.42 Å². The van der Waals surface area contributed by atoms with Crippen LogP contribution >= 0.6 is 22.9 Å². The summed E-state index contributed by atoms with van der Waals surface area (Å²) >= 11 is 7.14. The molecule has 0 aliphatic heterocycles. The van der Waals surface area contributed by atoms with Gasteiger partial charge in [0, 0.05) is 20.0 Å². The number of anilines is 1. The molecule has 2 aromatic rings. The highest BCUT2D eigenvalue weighted by Gasteiger charge is 2.13. The van der Waals surface area contributed by atoms with Crippen LogP contribution in [-0.4, -0.2) is 45.2 Å². The minimum atomic E-state index is -0.369. The van der Waals surface area contributed by atoms with E-state index < -0.39 is 0 Å². The van der Waals surface area contributed by atoms with E-state index >= 15 is 0 Å². The Kier molecular flexibility index (Phi) is 5.77. The van der Waals surface area contributed by atoms with E-state index in [1.54, 1.807) is 24.3 Å². The van der Waals surface area contributed by atoms with Crippen molar-refractivity contribution >= 4 is 34.0 Å². The summed E-state index contributed by atoms with van der Waals surface area (Å²) in [5, 5.41) is 31.8. The van der Waals surface area contributed by atoms with E-state index in [2.05, 4.69) is 15.5 Å². The third-order valence-electron chi connectivity index (χ3n) is 2.75. The molecule has 2 rings (SSSR count). The van der Waals surface area contributed by atoms with Gasteiger partial charge in [0.05, 0.1) is 10.6 Å². The highest BCUT2D eigenvalue weighted by atomic mass is 35.5. The van der Waals surface area contributed by atoms with E-state index in [0.717, 1.165) is 5.01 Å². The molecule has 0 fully saturated rings. The van der Waals surface area contributed by atoms with Gasteiger partial charge in [0.15, 0.2) is 0 Å². The van der Waals surface area contributed by atoms with Crippen LogP contribution in [0.25, 0.3) is 0 Å². The SMILES string of the molecule is CN(CCc1nnc(NC(=O)c2ccccc2Cl)s1)N([O-])O. The lowest BCUT2D eigenvalue weighted by Gasteiger charge is -2.29. The number of amides is 1. The van der Waals surface area contributed by atoms with Gasteiger partial charge < -0.3 is 10.4 Å². The molecule has 8 nitrogen and oxygen atoms in total. The topological polar surface area (TPSA) is 105 Å². The highest BCUT2D eigenvalue weighted by molar-refractivity contribution is 7.15. The molecule has 0 atom stereocenters. The number of hydrazine groups is 1. The molecule has 118 valence electrons. The van der Waals surface area contributed by atoms with E-state index in [-0.39, 0.29) is 17.8 Å². The Hall–Kier alpha value is -1.62. The number of benzene rings is 1. The van der Waals surface area contributed by atoms with Crippen molar-refractivity contribution in [3.63, 3.8) is 0 Å². The molecule has 0 unspecified atom stereocenters. The molecule has 1 heterocycles. The zero-order valence-corrected chi connectivity index (χ0v) is 13.1. The van der Waals surface area contributed by atoms with Crippen LogP contribution in [0.15, 0.2) is 24.3 Å². The number of carbonyl (C=O) groups excluding carboxylic acids is 1. The molecule has 0 radical (unpaired) electrons. The quantitative estimate of drug-likeness (QED) is 0.774. The first-order valence-corrected chi connectivity index (χ1v) is 7.42. The normalized spacial score (nSPS) is 11.2. The van der Waals surface area contributed by atoms with E-state index in [0.29, 0.717) is 27.1 Å². The number of halogens is 1. The van der Waals surface area contributed by atoms with Gasteiger partial charge in [0.2, 0.25) is 5.13 Å². The maximum atomic E-state index is 12.1. The van der Waals surface area contributed by atoms with Gasteiger partial charge in [0.25, 0.3) is 5.91 Å². The second-order valence-corrected chi connectivity index (χ2v) is 5.79. The van der Waals surface area contributed by atoms with Crippen LogP contribution in [0.4, 0.5) is 5.13 Å². The van der Waals surface area contributed by atoms with Crippen LogP contribution in [0.5, 0.6) is 0 Å². The fourth-order valence-corrected chi connectivity index (χ4v) is 2.50. The fraction of sp³-hybridized carbons (Fsp3) is 0.250. The molecule has 0 saturated heterocycles. The van der Waals surface area contributed by atoms with E-state index in [1.165, 1.54) is 18.4 Å². The zero-order valence-electron chi connectivity index (χ0n) is 11.6. The average Bonchev–Trinajstić information content (AvgIpc) is 2.92. The first-order valence-electron chi connectivity index (χ1n) is 6.23. The third-order valence-corrected chi connectivity index (χ3v) is 3.98. The molecular weight excluding hydrogens is 330 g/mol. The van der Waals surface area contributed by atoms with Crippen molar-refractivity contribution in [2.75, 3.05) is 18.9 Å². The first kappa shape index (κ1) is 16.7. The van der Waals surface area contributed by atoms with Gasteiger partial charge in [-0.25, -0.2) is 5.01 Å². The minimum Gasteiger partial charge on any atom is -0.748 e. The number of hydrogen-bond acceptors (Lipinski definition) is 8. The van der Waals surface area contributed by atoms with E-state index in [4.69, 9.17) is 16.8 Å². The van der Waals surface area contributed by atoms with E-state index in [9.17, 15) is 10.0 Å². The Morgan fingerprint density at radius 2 is 2.18 bits per heavy atom. The number of hydrogen-bond donors (Lipinski definition) is 2. The monoisotopic (exact) mass is 342 g/mol. The highest BCUT2D eigenvalue weighted by Crippen LogP contribution is 2.20. The molecule has 1 amide bonds. The van der Waals surface area contributed by atoms with Gasteiger partial charge in [-0.2, -0.15) is 5.34 Å². The molecule has 0 spiro atoms. The lowest BCUT2D eigenvalue weighted by Crippen LogP contribution is -2.33.